The molecule has 3 N–H and O–H groups in total. The Morgan fingerprint density at radius 2 is 1.79 bits per heavy atom. The van der Waals surface area contributed by atoms with E-state index in [4.69, 9.17) is 20.2 Å². The molecular formula is C28H28N8O2. The lowest BCUT2D eigenvalue weighted by atomic mass is 10.1. The maximum Gasteiger partial charge on any atom is 0.129 e. The van der Waals surface area contributed by atoms with E-state index in [1.165, 1.54) is 0 Å². The van der Waals surface area contributed by atoms with Crippen LogP contribution in [0.25, 0.3) is 16.6 Å². The lowest BCUT2D eigenvalue weighted by Gasteiger charge is -2.24. The molecule has 0 fully saturated rings. The van der Waals surface area contributed by atoms with Crippen molar-refractivity contribution < 1.29 is 9.47 Å². The normalized spacial score (nSPS) is 12.6. The maximum atomic E-state index is 5.87. The molecule has 2 aromatic heterocycles. The molecule has 192 valence electrons. The second-order valence-corrected chi connectivity index (χ2v) is 8.71. The Labute approximate surface area is 221 Å². The van der Waals surface area contributed by atoms with Gasteiger partial charge in [-0.15, -0.1) is 0 Å². The zero-order valence-electron chi connectivity index (χ0n) is 21.7. The van der Waals surface area contributed by atoms with Crippen molar-refractivity contribution in [2.75, 3.05) is 45.0 Å². The van der Waals surface area contributed by atoms with Crippen molar-refractivity contribution in [1.29, 1.82) is 0 Å². The van der Waals surface area contributed by atoms with Crippen LogP contribution >= 0.6 is 0 Å². The van der Waals surface area contributed by atoms with E-state index in [1.54, 1.807) is 33.4 Å². The number of nitrogens with zero attached hydrogens (tertiary/aromatic N) is 6. The Hall–Kier alpha value is -4.88. The number of nitrogens with one attached hydrogen (secondary N) is 1. The summed E-state index contributed by atoms with van der Waals surface area (Å²) in [5, 5.41) is 1.92. The average Bonchev–Trinajstić information content (AvgIpc) is 3.36. The number of fused-ring (bicyclic) bond motifs is 1. The van der Waals surface area contributed by atoms with Crippen LogP contribution in [0, 0.1) is 18.8 Å². The molecule has 0 aliphatic carbocycles. The SMILES string of the molecule is COc1cc(OC)cc(N(CC#Cc2cc(N)nc(C)n2)c2ccc3ncc(C4=CN(C)NC4)nc3c2)c1. The van der Waals surface area contributed by atoms with Gasteiger partial charge in [0.15, 0.2) is 0 Å². The number of ether oxygens (including phenoxy) is 2. The highest BCUT2D eigenvalue weighted by Gasteiger charge is 2.15. The highest BCUT2D eigenvalue weighted by atomic mass is 16.5. The van der Waals surface area contributed by atoms with Crippen LogP contribution < -0.4 is 25.5 Å². The third-order valence-corrected chi connectivity index (χ3v) is 5.99. The summed E-state index contributed by atoms with van der Waals surface area (Å²) in [7, 11) is 5.21. The zero-order chi connectivity index (χ0) is 26.6. The predicted molar refractivity (Wildman–Crippen MR) is 148 cm³/mol. The number of hydrogen-bond acceptors (Lipinski definition) is 10. The molecule has 0 bridgehead atoms. The van der Waals surface area contributed by atoms with Crippen LogP contribution in [-0.4, -0.2) is 59.3 Å². The fraction of sp³-hybridized carbons (Fsp3) is 0.214. The number of hydrogen-bond donors (Lipinski definition) is 2. The van der Waals surface area contributed by atoms with Crippen LogP contribution in [0.5, 0.6) is 11.5 Å². The highest BCUT2D eigenvalue weighted by Crippen LogP contribution is 2.34. The van der Waals surface area contributed by atoms with E-state index in [0.29, 0.717) is 41.9 Å². The van der Waals surface area contributed by atoms with Gasteiger partial charge in [-0.25, -0.2) is 20.4 Å². The van der Waals surface area contributed by atoms with Gasteiger partial charge in [-0.3, -0.25) is 4.98 Å². The minimum atomic E-state index is 0.359. The van der Waals surface area contributed by atoms with Gasteiger partial charge in [0.25, 0.3) is 0 Å². The van der Waals surface area contributed by atoms with Crippen LogP contribution in [0.1, 0.15) is 17.2 Å². The van der Waals surface area contributed by atoms with E-state index in [-0.39, 0.29) is 0 Å². The molecule has 3 heterocycles. The average molecular weight is 509 g/mol. The molecule has 0 atom stereocenters. The van der Waals surface area contributed by atoms with Crippen molar-refractivity contribution in [2.45, 2.75) is 6.92 Å². The summed E-state index contributed by atoms with van der Waals surface area (Å²) in [6.45, 7) is 2.85. The Balaban J connectivity index is 1.57. The van der Waals surface area contributed by atoms with Gasteiger partial charge in [0.05, 0.1) is 43.7 Å². The fourth-order valence-corrected chi connectivity index (χ4v) is 4.16. The van der Waals surface area contributed by atoms with Gasteiger partial charge in [-0.05, 0) is 31.0 Å². The summed E-state index contributed by atoms with van der Waals surface area (Å²) >= 11 is 0. The number of anilines is 3. The van der Waals surface area contributed by atoms with Gasteiger partial charge in [-0.1, -0.05) is 5.92 Å². The molecule has 0 radical (unpaired) electrons. The molecule has 4 aromatic rings. The minimum absolute atomic E-state index is 0.359. The predicted octanol–water partition coefficient (Wildman–Crippen LogP) is 3.31. The van der Waals surface area contributed by atoms with Crippen molar-refractivity contribution >= 4 is 33.8 Å². The van der Waals surface area contributed by atoms with E-state index in [2.05, 4.69) is 37.1 Å². The number of nitrogens with two attached hydrogens (primary N) is 1. The number of aromatic nitrogens is 4. The molecule has 1 aliphatic heterocycles. The first-order valence-electron chi connectivity index (χ1n) is 12.0. The monoisotopic (exact) mass is 508 g/mol. The number of rotatable bonds is 6. The molecule has 38 heavy (non-hydrogen) atoms. The first-order chi connectivity index (χ1) is 18.4. The minimum Gasteiger partial charge on any atom is -0.497 e. The summed E-state index contributed by atoms with van der Waals surface area (Å²) in [6.07, 6.45) is 3.83. The molecule has 2 aromatic carbocycles. The van der Waals surface area contributed by atoms with E-state index >= 15 is 0 Å². The molecule has 5 rings (SSSR count). The van der Waals surface area contributed by atoms with E-state index in [1.807, 2.05) is 54.7 Å². The second-order valence-electron chi connectivity index (χ2n) is 8.71. The van der Waals surface area contributed by atoms with Gasteiger partial charge < -0.3 is 25.1 Å². The van der Waals surface area contributed by atoms with Crippen LogP contribution in [0.3, 0.4) is 0 Å². The Bertz CT molecular complexity index is 1550. The maximum absolute atomic E-state index is 5.87. The van der Waals surface area contributed by atoms with Crippen molar-refractivity contribution in [3.63, 3.8) is 0 Å². The lowest BCUT2D eigenvalue weighted by Crippen LogP contribution is -2.23. The van der Waals surface area contributed by atoms with Crippen molar-refractivity contribution in [3.05, 3.63) is 72.1 Å². The van der Waals surface area contributed by atoms with Crippen LogP contribution in [0.15, 0.2) is 54.9 Å². The number of benzene rings is 2. The van der Waals surface area contributed by atoms with Gasteiger partial charge in [0.2, 0.25) is 0 Å². The summed E-state index contributed by atoms with van der Waals surface area (Å²) in [4.78, 5) is 20.1. The molecule has 0 amide bonds. The smallest absolute Gasteiger partial charge is 0.129 e. The Kier molecular flexibility index (Phi) is 6.93. The number of aryl methyl sites for hydroxylation is 1. The van der Waals surface area contributed by atoms with Crippen LogP contribution in [-0.2, 0) is 0 Å². The van der Waals surface area contributed by atoms with Crippen molar-refractivity contribution in [2.24, 2.45) is 0 Å². The van der Waals surface area contributed by atoms with Crippen LogP contribution in [0.2, 0.25) is 0 Å². The first-order valence-corrected chi connectivity index (χ1v) is 12.0. The van der Waals surface area contributed by atoms with Gasteiger partial charge in [0, 0.05) is 61.0 Å². The third kappa shape index (κ3) is 5.43. The summed E-state index contributed by atoms with van der Waals surface area (Å²) in [5.41, 5.74) is 14.9. The molecule has 0 saturated carbocycles. The second kappa shape index (κ2) is 10.6. The Morgan fingerprint density at radius 3 is 2.47 bits per heavy atom. The van der Waals surface area contributed by atoms with E-state index < -0.39 is 0 Å². The largest absolute Gasteiger partial charge is 0.497 e. The topological polar surface area (TPSA) is 115 Å². The fourth-order valence-electron chi connectivity index (χ4n) is 4.16. The molecule has 0 saturated heterocycles. The molecule has 10 nitrogen and oxygen atoms in total. The molecular weight excluding hydrogens is 480 g/mol. The molecule has 0 unspecified atom stereocenters. The van der Waals surface area contributed by atoms with Crippen LogP contribution in [0.4, 0.5) is 17.2 Å². The first kappa shape index (κ1) is 24.8. The molecule has 1 aliphatic rings. The van der Waals surface area contributed by atoms with E-state index in [9.17, 15) is 0 Å². The number of methoxy groups -OCH3 is 2. The zero-order valence-corrected chi connectivity index (χ0v) is 21.7. The number of nitrogen functional groups attached to an aromatic ring is 1. The standard InChI is InChI=1S/C28H28N8O2/c1-18-32-20(10-28(29)33-18)6-5-9-36(22-11-23(37-3)14-24(12-22)38-4)21-7-8-25-26(13-21)34-27(16-30-25)19-15-31-35(2)17-19/h7-8,10-14,16-17,31H,9,15H2,1-4H3,(H2,29,32,33). The van der Waals surface area contributed by atoms with E-state index in [0.717, 1.165) is 33.7 Å². The lowest BCUT2D eigenvalue weighted by molar-refractivity contribution is 0.374. The highest BCUT2D eigenvalue weighted by molar-refractivity contribution is 5.83. The number of hydrazine groups is 1. The third-order valence-electron chi connectivity index (χ3n) is 5.99. The van der Waals surface area contributed by atoms with Crippen molar-refractivity contribution in [3.8, 4) is 23.3 Å². The Morgan fingerprint density at radius 1 is 1.00 bits per heavy atom. The molecule has 10 heteroatoms. The summed E-state index contributed by atoms with van der Waals surface area (Å²) in [5.74, 6) is 8.64. The van der Waals surface area contributed by atoms with Crippen molar-refractivity contribution in [1.82, 2.24) is 30.4 Å². The summed E-state index contributed by atoms with van der Waals surface area (Å²) in [6, 6.07) is 13.3. The van der Waals surface area contributed by atoms with Gasteiger partial charge in [0.1, 0.15) is 28.8 Å². The molecule has 0 spiro atoms. The van der Waals surface area contributed by atoms with Gasteiger partial charge in [-0.2, -0.15) is 0 Å². The summed E-state index contributed by atoms with van der Waals surface area (Å²) < 4.78 is 11.0. The van der Waals surface area contributed by atoms with Gasteiger partial charge >= 0.3 is 0 Å². The quantitative estimate of drug-likeness (QED) is 0.376.